The molecular formula is C21H19N5OS2. The lowest BCUT2D eigenvalue weighted by atomic mass is 9.87. The Labute approximate surface area is 175 Å². The van der Waals surface area contributed by atoms with Crippen molar-refractivity contribution in [1.82, 2.24) is 0 Å². The molecule has 2 aromatic rings. The number of aliphatic imine (C=N–C) groups is 1. The van der Waals surface area contributed by atoms with E-state index in [1.54, 1.807) is 18.0 Å². The first kappa shape index (κ1) is 18.3. The van der Waals surface area contributed by atoms with Crippen LogP contribution in [0.4, 0.5) is 11.4 Å². The minimum absolute atomic E-state index is 0.221. The average Bonchev–Trinajstić information content (AvgIpc) is 3.33. The molecule has 2 atom stereocenters. The zero-order chi connectivity index (χ0) is 19.8. The molecule has 8 heteroatoms. The number of nitrogens with two attached hydrogens (primary N) is 1. The van der Waals surface area contributed by atoms with Crippen LogP contribution in [0.2, 0.25) is 0 Å². The minimum atomic E-state index is -1.64. The Bertz CT molecular complexity index is 1120. The largest absolute Gasteiger partial charge is 0.381 e. The second kappa shape index (κ2) is 7.27. The van der Waals surface area contributed by atoms with Crippen LogP contribution < -0.4 is 11.1 Å². The van der Waals surface area contributed by atoms with E-state index in [0.717, 1.165) is 24.9 Å². The summed E-state index contributed by atoms with van der Waals surface area (Å²) in [4.78, 5) is 7.08. The monoisotopic (exact) mass is 421 g/mol. The predicted octanol–water partition coefficient (Wildman–Crippen LogP) is 3.99. The van der Waals surface area contributed by atoms with E-state index in [4.69, 9.17) is 5.73 Å². The molecule has 5 rings (SSSR count). The van der Waals surface area contributed by atoms with Crippen LogP contribution in [-0.2, 0) is 17.6 Å². The fourth-order valence-electron chi connectivity index (χ4n) is 3.87. The molecule has 29 heavy (non-hydrogen) atoms. The second-order valence-corrected chi connectivity index (χ2v) is 8.99. The SMILES string of the molecule is NC1=NS(=O)N=C1C1(CCCc2cccc3c2Nc2ccccc2S3)C=CC=N1. The molecule has 146 valence electrons. The standard InChI is InChI=1S/C21H19N5OS2/c22-20-19(25-29(27)26-20)21(12-5-13-23-21)11-4-7-14-6-3-10-17-18(14)24-15-8-1-2-9-16(15)28-17/h1-3,5-6,8-10,12-13,24H,4,7,11H2,(H2,22,26). The van der Waals surface area contributed by atoms with Gasteiger partial charge in [0.05, 0.1) is 11.4 Å². The highest BCUT2D eigenvalue weighted by atomic mass is 32.2. The molecule has 2 unspecified atom stereocenters. The van der Waals surface area contributed by atoms with E-state index in [9.17, 15) is 4.21 Å². The van der Waals surface area contributed by atoms with Crippen molar-refractivity contribution in [3.05, 3.63) is 60.2 Å². The summed E-state index contributed by atoms with van der Waals surface area (Å²) in [5.41, 5.74) is 9.40. The first-order valence-electron chi connectivity index (χ1n) is 9.39. The Hall–Kier alpha value is -2.71. The Morgan fingerprint density at radius 2 is 1.97 bits per heavy atom. The smallest absolute Gasteiger partial charge is 0.268 e. The van der Waals surface area contributed by atoms with E-state index in [1.165, 1.54) is 21.0 Å². The summed E-state index contributed by atoms with van der Waals surface area (Å²) in [5.74, 6) is 0.221. The maximum absolute atomic E-state index is 11.7. The van der Waals surface area contributed by atoms with Gasteiger partial charge in [-0.25, -0.2) is 4.21 Å². The third kappa shape index (κ3) is 3.32. The van der Waals surface area contributed by atoms with Crippen LogP contribution in [0.15, 0.2) is 78.2 Å². The predicted molar refractivity (Wildman–Crippen MR) is 121 cm³/mol. The van der Waals surface area contributed by atoms with Crippen LogP contribution in [0.25, 0.3) is 0 Å². The third-order valence-electron chi connectivity index (χ3n) is 5.24. The van der Waals surface area contributed by atoms with Gasteiger partial charge >= 0.3 is 0 Å². The molecule has 0 fully saturated rings. The van der Waals surface area contributed by atoms with Crippen molar-refractivity contribution in [2.24, 2.45) is 19.5 Å². The normalized spacial score (nSPS) is 23.9. The second-order valence-electron chi connectivity index (χ2n) is 7.08. The van der Waals surface area contributed by atoms with Gasteiger partial charge in [-0.15, -0.1) is 4.40 Å². The van der Waals surface area contributed by atoms with Gasteiger partial charge in [0.15, 0.2) is 5.84 Å². The molecule has 2 aromatic carbocycles. The Morgan fingerprint density at radius 1 is 1.10 bits per heavy atom. The van der Waals surface area contributed by atoms with Gasteiger partial charge in [0.25, 0.3) is 11.2 Å². The molecule has 0 aliphatic carbocycles. The average molecular weight is 422 g/mol. The van der Waals surface area contributed by atoms with Gasteiger partial charge < -0.3 is 11.1 Å². The molecule has 0 bridgehead atoms. The molecule has 3 heterocycles. The third-order valence-corrected chi connectivity index (χ3v) is 7.07. The van der Waals surface area contributed by atoms with Crippen molar-refractivity contribution < 1.29 is 4.21 Å². The van der Waals surface area contributed by atoms with Crippen LogP contribution in [0.5, 0.6) is 0 Å². The van der Waals surface area contributed by atoms with E-state index >= 15 is 0 Å². The number of para-hydroxylation sites is 2. The number of amidine groups is 1. The topological polar surface area (TPSA) is 92.2 Å². The van der Waals surface area contributed by atoms with Crippen molar-refractivity contribution in [3.8, 4) is 0 Å². The van der Waals surface area contributed by atoms with E-state index in [1.807, 2.05) is 18.2 Å². The molecule has 3 aliphatic heterocycles. The molecular weight excluding hydrogens is 402 g/mol. The van der Waals surface area contributed by atoms with Gasteiger partial charge in [0.2, 0.25) is 0 Å². The summed E-state index contributed by atoms with van der Waals surface area (Å²) in [6.07, 6.45) is 8.09. The molecule has 0 aromatic heterocycles. The van der Waals surface area contributed by atoms with Crippen LogP contribution in [0.1, 0.15) is 18.4 Å². The molecule has 0 radical (unpaired) electrons. The number of allylic oxidation sites excluding steroid dienone is 1. The molecule has 0 amide bonds. The summed E-state index contributed by atoms with van der Waals surface area (Å²) < 4.78 is 19.7. The van der Waals surface area contributed by atoms with Crippen molar-refractivity contribution in [1.29, 1.82) is 0 Å². The summed E-state index contributed by atoms with van der Waals surface area (Å²) in [6.45, 7) is 0. The van der Waals surface area contributed by atoms with Crippen LogP contribution in [0, 0.1) is 0 Å². The fourth-order valence-corrected chi connectivity index (χ4v) is 5.62. The summed E-state index contributed by atoms with van der Waals surface area (Å²) >= 11 is 0.154. The van der Waals surface area contributed by atoms with Gasteiger partial charge in [0, 0.05) is 16.0 Å². The van der Waals surface area contributed by atoms with Gasteiger partial charge in [0.1, 0.15) is 11.3 Å². The highest BCUT2D eigenvalue weighted by Crippen LogP contribution is 2.45. The molecule has 3 N–H and O–H groups in total. The number of nitrogens with zero attached hydrogens (tertiary/aromatic N) is 3. The number of fused-ring (bicyclic) bond motifs is 2. The van der Waals surface area contributed by atoms with Gasteiger partial charge in [-0.05, 0) is 55.2 Å². The Kier molecular flexibility index (Phi) is 4.60. The number of hydrogen-bond donors (Lipinski definition) is 2. The first-order valence-corrected chi connectivity index (χ1v) is 11.3. The summed E-state index contributed by atoms with van der Waals surface area (Å²) in [7, 11) is 0. The lowest BCUT2D eigenvalue weighted by Gasteiger charge is -2.25. The van der Waals surface area contributed by atoms with E-state index in [2.05, 4.69) is 55.5 Å². The zero-order valence-corrected chi connectivity index (χ0v) is 17.2. The van der Waals surface area contributed by atoms with Crippen molar-refractivity contribution in [3.63, 3.8) is 0 Å². The number of hydrogen-bond acceptors (Lipinski definition) is 5. The van der Waals surface area contributed by atoms with Crippen LogP contribution >= 0.6 is 11.8 Å². The molecule has 6 nitrogen and oxygen atoms in total. The van der Waals surface area contributed by atoms with Gasteiger partial charge in [-0.3, -0.25) is 4.99 Å². The molecule has 0 spiro atoms. The maximum Gasteiger partial charge on any atom is 0.268 e. The van der Waals surface area contributed by atoms with Crippen molar-refractivity contribution >= 4 is 52.1 Å². The highest BCUT2D eigenvalue weighted by Gasteiger charge is 2.39. The van der Waals surface area contributed by atoms with Gasteiger partial charge in [-0.1, -0.05) is 36.0 Å². The quantitative estimate of drug-likeness (QED) is 0.652. The lowest BCUT2D eigenvalue weighted by Crippen LogP contribution is -2.41. The lowest BCUT2D eigenvalue weighted by molar-refractivity contribution is 0.605. The minimum Gasteiger partial charge on any atom is -0.381 e. The summed E-state index contributed by atoms with van der Waals surface area (Å²) in [5, 5.41) is 3.60. The zero-order valence-electron chi connectivity index (χ0n) is 15.5. The van der Waals surface area contributed by atoms with Crippen LogP contribution in [0.3, 0.4) is 0 Å². The van der Waals surface area contributed by atoms with Crippen molar-refractivity contribution in [2.45, 2.75) is 34.6 Å². The van der Waals surface area contributed by atoms with E-state index in [-0.39, 0.29) is 5.84 Å². The number of anilines is 2. The molecule has 0 saturated carbocycles. The van der Waals surface area contributed by atoms with E-state index in [0.29, 0.717) is 5.71 Å². The van der Waals surface area contributed by atoms with Gasteiger partial charge in [-0.2, -0.15) is 4.40 Å². The fraction of sp³-hybridized carbons (Fsp3) is 0.190. The Balaban J connectivity index is 1.35. The first-order chi connectivity index (χ1) is 14.1. The van der Waals surface area contributed by atoms with Crippen molar-refractivity contribution in [2.75, 3.05) is 5.32 Å². The Morgan fingerprint density at radius 3 is 2.76 bits per heavy atom. The van der Waals surface area contributed by atoms with E-state index < -0.39 is 16.7 Å². The number of rotatable bonds is 5. The number of nitrogens with one attached hydrogen (secondary N) is 1. The number of benzene rings is 2. The highest BCUT2D eigenvalue weighted by molar-refractivity contribution is 7.99. The van der Waals surface area contributed by atoms with Crippen LogP contribution in [-0.4, -0.2) is 27.5 Å². The molecule has 3 aliphatic rings. The maximum atomic E-state index is 11.7. The summed E-state index contributed by atoms with van der Waals surface area (Å²) in [6, 6.07) is 14.8. The molecule has 0 saturated heterocycles. The number of aryl methyl sites for hydroxylation is 1.